The van der Waals surface area contributed by atoms with Crippen LogP contribution < -0.4 is 5.32 Å². The second kappa shape index (κ2) is 7.17. The number of aliphatic hydroxyl groups is 1. The molecule has 2 aliphatic heterocycles. The molecular weight excluding hydrogens is 426 g/mol. The number of amides is 2. The molecule has 0 saturated carbocycles. The van der Waals surface area contributed by atoms with E-state index in [1.54, 1.807) is 15.8 Å². The molecule has 0 aliphatic carbocycles. The van der Waals surface area contributed by atoms with E-state index >= 15 is 0 Å². The molecule has 0 spiro atoms. The molecule has 1 saturated heterocycles. The maximum atomic E-state index is 14.8. The molecule has 2 amide bonds. The number of nitrogens with one attached hydrogen (secondary N) is 1. The van der Waals surface area contributed by atoms with Crippen LogP contribution in [-0.4, -0.2) is 38.9 Å². The van der Waals surface area contributed by atoms with Gasteiger partial charge in [-0.05, 0) is 56.0 Å². The van der Waals surface area contributed by atoms with Crippen molar-refractivity contribution in [2.24, 2.45) is 5.92 Å². The third-order valence-corrected chi connectivity index (χ3v) is 7.04. The molecule has 0 radical (unpaired) electrons. The zero-order valence-corrected chi connectivity index (χ0v) is 17.5. The minimum Gasteiger partial charge on any atom is -0.386 e. The van der Waals surface area contributed by atoms with Crippen LogP contribution in [0.5, 0.6) is 0 Å². The van der Waals surface area contributed by atoms with Gasteiger partial charge in [0, 0.05) is 29.7 Å². The number of carbonyl (C=O) groups excluding carboxylic acids is 1. The standard InChI is InChI=1S/C22H21ClF2N4O2/c1-22(20(30)17-18(25)16(23)10-12-11-26-29(22)19(12)17)13-6-8-28(9-7-13)21(31)27-15-4-2-14(24)3-5-15/h2-5,10-11,13,20,30H,6-9H2,1H3,(H,27,31)/t20-,22?/m1/s1. The van der Waals surface area contributed by atoms with E-state index in [0.717, 1.165) is 0 Å². The van der Waals surface area contributed by atoms with Crippen LogP contribution in [0.1, 0.15) is 31.4 Å². The highest BCUT2D eigenvalue weighted by Gasteiger charge is 2.52. The normalized spacial score (nSPS) is 23.5. The van der Waals surface area contributed by atoms with Crippen molar-refractivity contribution in [1.29, 1.82) is 0 Å². The van der Waals surface area contributed by atoms with Gasteiger partial charge in [0.25, 0.3) is 0 Å². The Morgan fingerprint density at radius 1 is 1.26 bits per heavy atom. The highest BCUT2D eigenvalue weighted by molar-refractivity contribution is 6.31. The van der Waals surface area contributed by atoms with Crippen molar-refractivity contribution < 1.29 is 18.7 Å². The smallest absolute Gasteiger partial charge is 0.321 e. The number of halogens is 3. The van der Waals surface area contributed by atoms with Crippen LogP contribution >= 0.6 is 11.6 Å². The molecule has 5 rings (SSSR count). The Morgan fingerprint density at radius 2 is 1.94 bits per heavy atom. The van der Waals surface area contributed by atoms with Crippen LogP contribution in [0.3, 0.4) is 0 Å². The summed E-state index contributed by atoms with van der Waals surface area (Å²) in [4.78, 5) is 14.3. The van der Waals surface area contributed by atoms with Crippen molar-refractivity contribution >= 4 is 34.2 Å². The number of carbonyl (C=O) groups is 1. The molecule has 9 heteroatoms. The van der Waals surface area contributed by atoms with E-state index in [9.17, 15) is 18.7 Å². The SMILES string of the molecule is CC1(C2CCN(C(=O)Nc3ccc(F)cc3)CC2)[C@H](O)c2c(F)c(Cl)cc3cnn1c23. The van der Waals surface area contributed by atoms with Crippen LogP contribution in [0.25, 0.3) is 10.9 Å². The molecular formula is C22H21ClF2N4O2. The lowest BCUT2D eigenvalue weighted by Gasteiger charge is -2.42. The van der Waals surface area contributed by atoms with Crippen molar-refractivity contribution in [1.82, 2.24) is 14.7 Å². The van der Waals surface area contributed by atoms with Crippen molar-refractivity contribution in [2.75, 3.05) is 18.4 Å². The number of anilines is 1. The van der Waals surface area contributed by atoms with Gasteiger partial charge in [-0.25, -0.2) is 13.6 Å². The Balaban J connectivity index is 1.34. The fourth-order valence-electron chi connectivity index (χ4n) is 4.99. The van der Waals surface area contributed by atoms with Gasteiger partial charge in [-0.2, -0.15) is 5.10 Å². The Kier molecular flexibility index (Phi) is 4.67. The van der Waals surface area contributed by atoms with E-state index in [1.165, 1.54) is 30.3 Å². The molecule has 31 heavy (non-hydrogen) atoms. The van der Waals surface area contributed by atoms with E-state index in [1.807, 2.05) is 6.92 Å². The summed E-state index contributed by atoms with van der Waals surface area (Å²) in [6, 6.07) is 6.87. The molecule has 0 bridgehead atoms. The summed E-state index contributed by atoms with van der Waals surface area (Å²) in [6.45, 7) is 2.84. The summed E-state index contributed by atoms with van der Waals surface area (Å²) in [5, 5.41) is 19.0. The lowest BCUT2D eigenvalue weighted by molar-refractivity contribution is -0.0125. The highest BCUT2D eigenvalue weighted by Crippen LogP contribution is 2.52. The lowest BCUT2D eigenvalue weighted by atomic mass is 9.75. The largest absolute Gasteiger partial charge is 0.386 e. The third-order valence-electron chi connectivity index (χ3n) is 6.77. The Morgan fingerprint density at radius 3 is 2.61 bits per heavy atom. The number of hydrogen-bond donors (Lipinski definition) is 2. The summed E-state index contributed by atoms with van der Waals surface area (Å²) < 4.78 is 29.6. The summed E-state index contributed by atoms with van der Waals surface area (Å²) in [6.07, 6.45) is 1.80. The number of rotatable bonds is 2. The number of hydrogen-bond acceptors (Lipinski definition) is 3. The lowest BCUT2D eigenvalue weighted by Crippen LogP contribution is -2.49. The number of piperidine rings is 1. The maximum Gasteiger partial charge on any atom is 0.321 e. The summed E-state index contributed by atoms with van der Waals surface area (Å²) in [5.74, 6) is -0.997. The Bertz CT molecular complexity index is 1170. The highest BCUT2D eigenvalue weighted by atomic mass is 35.5. The molecule has 162 valence electrons. The van der Waals surface area contributed by atoms with Gasteiger partial charge in [-0.1, -0.05) is 11.6 Å². The minimum absolute atomic E-state index is 0.0222. The first-order valence-electron chi connectivity index (χ1n) is 10.2. The predicted octanol–water partition coefficient (Wildman–Crippen LogP) is 4.67. The summed E-state index contributed by atoms with van der Waals surface area (Å²) in [7, 11) is 0. The first-order chi connectivity index (χ1) is 14.8. The second-order valence-electron chi connectivity index (χ2n) is 8.41. The number of benzene rings is 2. The number of aromatic nitrogens is 2. The second-order valence-corrected chi connectivity index (χ2v) is 8.81. The van der Waals surface area contributed by atoms with Crippen LogP contribution in [0.15, 0.2) is 36.5 Å². The van der Waals surface area contributed by atoms with Crippen molar-refractivity contribution in [3.05, 3.63) is 58.7 Å². The van der Waals surface area contributed by atoms with E-state index in [-0.39, 0.29) is 28.4 Å². The minimum atomic E-state index is -1.08. The van der Waals surface area contributed by atoms with E-state index < -0.39 is 17.5 Å². The Hall–Kier alpha value is -2.71. The number of likely N-dealkylation sites (tertiary alicyclic amines) is 1. The number of aliphatic hydroxyl groups excluding tert-OH is 1. The van der Waals surface area contributed by atoms with Crippen molar-refractivity contribution in [2.45, 2.75) is 31.4 Å². The quantitative estimate of drug-likeness (QED) is 0.600. The average Bonchev–Trinajstić information content (AvgIpc) is 3.28. The molecule has 2 atom stereocenters. The molecule has 2 N–H and O–H groups in total. The third kappa shape index (κ3) is 3.00. The average molecular weight is 447 g/mol. The fourth-order valence-corrected chi connectivity index (χ4v) is 5.21. The predicted molar refractivity (Wildman–Crippen MR) is 113 cm³/mol. The molecule has 6 nitrogen and oxygen atoms in total. The zero-order valence-electron chi connectivity index (χ0n) is 16.8. The van der Waals surface area contributed by atoms with Crippen LogP contribution in [0.4, 0.5) is 19.3 Å². The summed E-state index contributed by atoms with van der Waals surface area (Å²) >= 11 is 6.03. The van der Waals surface area contributed by atoms with Crippen LogP contribution in [0, 0.1) is 17.6 Å². The van der Waals surface area contributed by atoms with Crippen molar-refractivity contribution in [3.63, 3.8) is 0 Å². The molecule has 2 aromatic carbocycles. The van der Waals surface area contributed by atoms with Gasteiger partial charge >= 0.3 is 6.03 Å². The first-order valence-corrected chi connectivity index (χ1v) is 10.5. The molecule has 3 aromatic rings. The van der Waals surface area contributed by atoms with Gasteiger partial charge in [0.2, 0.25) is 0 Å². The zero-order chi connectivity index (χ0) is 21.9. The first kappa shape index (κ1) is 20.2. The molecule has 3 heterocycles. The molecule has 2 aliphatic rings. The van der Waals surface area contributed by atoms with Crippen molar-refractivity contribution in [3.8, 4) is 0 Å². The van der Waals surface area contributed by atoms with E-state index in [2.05, 4.69) is 10.4 Å². The Labute approximate surface area is 182 Å². The maximum absolute atomic E-state index is 14.8. The fraction of sp³-hybridized carbons (Fsp3) is 0.364. The summed E-state index contributed by atoms with van der Waals surface area (Å²) in [5.41, 5.74) is 0.454. The monoisotopic (exact) mass is 446 g/mol. The van der Waals surface area contributed by atoms with Gasteiger partial charge in [-0.3, -0.25) is 4.68 Å². The molecule has 1 aromatic heterocycles. The van der Waals surface area contributed by atoms with Gasteiger partial charge in [-0.15, -0.1) is 0 Å². The van der Waals surface area contributed by atoms with Gasteiger partial charge in [0.1, 0.15) is 17.7 Å². The van der Waals surface area contributed by atoms with Gasteiger partial charge in [0.15, 0.2) is 0 Å². The molecule has 1 unspecified atom stereocenters. The van der Waals surface area contributed by atoms with Gasteiger partial charge < -0.3 is 15.3 Å². The number of nitrogens with zero attached hydrogens (tertiary/aromatic N) is 3. The van der Waals surface area contributed by atoms with Gasteiger partial charge in [0.05, 0.1) is 22.3 Å². The van der Waals surface area contributed by atoms with E-state index in [4.69, 9.17) is 11.6 Å². The van der Waals surface area contributed by atoms with Crippen LogP contribution in [-0.2, 0) is 5.54 Å². The van der Waals surface area contributed by atoms with E-state index in [0.29, 0.717) is 42.5 Å². The molecule has 1 fully saturated rings. The number of urea groups is 1. The van der Waals surface area contributed by atoms with Crippen LogP contribution in [0.2, 0.25) is 5.02 Å². The topological polar surface area (TPSA) is 70.4 Å².